The molecule has 218 valence electrons. The Kier molecular flexibility index (Phi) is 8.60. The van der Waals surface area contributed by atoms with Crippen molar-refractivity contribution < 1.29 is 18.8 Å². The molecule has 2 heterocycles. The molecule has 0 bridgehead atoms. The van der Waals surface area contributed by atoms with Crippen molar-refractivity contribution in [3.63, 3.8) is 0 Å². The van der Waals surface area contributed by atoms with E-state index in [9.17, 15) is 23.6 Å². The number of aromatic nitrogens is 2. The minimum Gasteiger partial charge on any atom is -0.356 e. The number of hydrogen-bond acceptors (Lipinski definition) is 5. The van der Waals surface area contributed by atoms with Gasteiger partial charge in [-0.05, 0) is 37.1 Å². The van der Waals surface area contributed by atoms with Gasteiger partial charge in [0.2, 0.25) is 11.8 Å². The highest BCUT2D eigenvalue weighted by atomic mass is 19.1. The number of fused-ring (bicyclic) bond motifs is 1. The third-order valence-corrected chi connectivity index (χ3v) is 7.68. The van der Waals surface area contributed by atoms with Crippen LogP contribution in [0.3, 0.4) is 0 Å². The van der Waals surface area contributed by atoms with Crippen LogP contribution in [0.25, 0.3) is 10.8 Å². The summed E-state index contributed by atoms with van der Waals surface area (Å²) in [6, 6.07) is 11.5. The summed E-state index contributed by atoms with van der Waals surface area (Å²) in [5.74, 6) is -1.22. The summed E-state index contributed by atoms with van der Waals surface area (Å²) in [6.45, 7) is 10.9. The molecule has 0 unspecified atom stereocenters. The topological polar surface area (TPSA) is 115 Å². The lowest BCUT2D eigenvalue weighted by molar-refractivity contribution is -0.145. The summed E-state index contributed by atoms with van der Waals surface area (Å²) < 4.78 is 14.9. The number of carbonyl (C=O) groups excluding carboxylic acids is 3. The first-order chi connectivity index (χ1) is 19.3. The Morgan fingerprint density at radius 2 is 1.59 bits per heavy atom. The van der Waals surface area contributed by atoms with E-state index in [4.69, 9.17) is 0 Å². The van der Waals surface area contributed by atoms with Crippen LogP contribution in [0.5, 0.6) is 0 Å². The number of nitrogens with zero attached hydrogens (tertiary/aromatic N) is 3. The van der Waals surface area contributed by atoms with Crippen LogP contribution in [0.15, 0.2) is 47.3 Å². The number of H-pyrrole nitrogens is 1. The standard InChI is InChI=1S/C31H38FN5O4/c1-6-33-28(40)30(2,3)19-31(4,5)29(41)37-15-13-36(14-16-37)27(39)23-17-20(11-12-24(23)32)18-25-21-9-7-8-10-22(21)26(38)35-34-25/h7-12,17H,6,13-16,18-19H2,1-5H3,(H,33,40)(H,35,38). The molecule has 3 aromatic rings. The lowest BCUT2D eigenvalue weighted by Gasteiger charge is -2.40. The number of rotatable bonds is 8. The first-order valence-electron chi connectivity index (χ1n) is 14.0. The van der Waals surface area contributed by atoms with Gasteiger partial charge in [0.15, 0.2) is 0 Å². The second-order valence-corrected chi connectivity index (χ2v) is 11.9. The zero-order valence-corrected chi connectivity index (χ0v) is 24.3. The number of aromatic amines is 1. The van der Waals surface area contributed by atoms with Gasteiger partial charge in [-0.1, -0.05) is 52.0 Å². The maximum absolute atomic E-state index is 14.9. The van der Waals surface area contributed by atoms with E-state index in [-0.39, 0.29) is 36.0 Å². The number of halogens is 1. The highest BCUT2D eigenvalue weighted by Crippen LogP contribution is 2.35. The molecular weight excluding hydrogens is 525 g/mol. The van der Waals surface area contributed by atoms with E-state index in [0.717, 1.165) is 0 Å². The van der Waals surface area contributed by atoms with Crippen molar-refractivity contribution >= 4 is 28.5 Å². The fourth-order valence-corrected chi connectivity index (χ4v) is 5.72. The fraction of sp³-hybridized carbons (Fsp3) is 0.452. The Morgan fingerprint density at radius 3 is 2.24 bits per heavy atom. The van der Waals surface area contributed by atoms with Crippen molar-refractivity contribution in [3.8, 4) is 0 Å². The van der Waals surface area contributed by atoms with E-state index in [1.807, 2.05) is 46.8 Å². The Morgan fingerprint density at radius 1 is 0.951 bits per heavy atom. The summed E-state index contributed by atoms with van der Waals surface area (Å²) in [6.07, 6.45) is 0.684. The molecule has 3 amide bonds. The predicted molar refractivity (Wildman–Crippen MR) is 155 cm³/mol. The smallest absolute Gasteiger partial charge is 0.272 e. The van der Waals surface area contributed by atoms with Crippen LogP contribution in [-0.4, -0.2) is 70.4 Å². The van der Waals surface area contributed by atoms with Crippen LogP contribution in [0.4, 0.5) is 4.39 Å². The van der Waals surface area contributed by atoms with Crippen LogP contribution >= 0.6 is 0 Å². The monoisotopic (exact) mass is 563 g/mol. The quantitative estimate of drug-likeness (QED) is 0.435. The number of hydrogen-bond donors (Lipinski definition) is 2. The molecule has 1 aliphatic heterocycles. The van der Waals surface area contributed by atoms with Crippen LogP contribution in [-0.2, 0) is 16.0 Å². The Labute approximate surface area is 239 Å². The van der Waals surface area contributed by atoms with Crippen molar-refractivity contribution in [2.75, 3.05) is 32.7 Å². The van der Waals surface area contributed by atoms with Crippen molar-refractivity contribution in [1.29, 1.82) is 0 Å². The van der Waals surface area contributed by atoms with Gasteiger partial charge in [0, 0.05) is 55.4 Å². The van der Waals surface area contributed by atoms with Gasteiger partial charge < -0.3 is 15.1 Å². The Balaban J connectivity index is 1.43. The Bertz CT molecular complexity index is 1520. The predicted octanol–water partition coefficient (Wildman–Crippen LogP) is 3.52. The zero-order valence-electron chi connectivity index (χ0n) is 24.3. The van der Waals surface area contributed by atoms with Crippen LogP contribution in [0.1, 0.15) is 62.7 Å². The molecule has 4 rings (SSSR count). The molecule has 9 nitrogen and oxygen atoms in total. The van der Waals surface area contributed by atoms with Gasteiger partial charge in [-0.15, -0.1) is 0 Å². The number of piperazine rings is 1. The molecule has 0 atom stereocenters. The maximum Gasteiger partial charge on any atom is 0.272 e. The van der Waals surface area contributed by atoms with Gasteiger partial charge in [-0.3, -0.25) is 19.2 Å². The van der Waals surface area contributed by atoms with E-state index in [2.05, 4.69) is 15.5 Å². The van der Waals surface area contributed by atoms with Crippen LogP contribution < -0.4 is 10.9 Å². The first kappa shape index (κ1) is 29.9. The summed E-state index contributed by atoms with van der Waals surface area (Å²) in [5, 5.41) is 10.7. The maximum atomic E-state index is 14.9. The molecule has 2 N–H and O–H groups in total. The third kappa shape index (κ3) is 6.47. The molecule has 1 fully saturated rings. The molecule has 0 saturated carbocycles. The average molecular weight is 564 g/mol. The molecule has 41 heavy (non-hydrogen) atoms. The van der Waals surface area contributed by atoms with Gasteiger partial charge in [0.25, 0.3) is 11.5 Å². The molecular formula is C31H38FN5O4. The molecule has 2 aromatic carbocycles. The molecule has 1 aliphatic rings. The van der Waals surface area contributed by atoms with Crippen molar-refractivity contribution in [2.45, 2.75) is 47.5 Å². The minimum absolute atomic E-state index is 0.0416. The van der Waals surface area contributed by atoms with Crippen molar-refractivity contribution in [3.05, 3.63) is 75.5 Å². The largest absolute Gasteiger partial charge is 0.356 e. The second-order valence-electron chi connectivity index (χ2n) is 11.9. The summed E-state index contributed by atoms with van der Waals surface area (Å²) >= 11 is 0. The van der Waals surface area contributed by atoms with Gasteiger partial charge in [0.1, 0.15) is 5.82 Å². The first-order valence-corrected chi connectivity index (χ1v) is 14.0. The number of nitrogens with one attached hydrogen (secondary N) is 2. The molecule has 0 spiro atoms. The second kappa shape index (κ2) is 11.8. The molecule has 1 saturated heterocycles. The van der Waals surface area contributed by atoms with Gasteiger partial charge in [0.05, 0.1) is 16.6 Å². The summed E-state index contributed by atoms with van der Waals surface area (Å²) in [7, 11) is 0. The summed E-state index contributed by atoms with van der Waals surface area (Å²) in [5.41, 5.74) is -0.515. The van der Waals surface area contributed by atoms with Crippen LogP contribution in [0.2, 0.25) is 0 Å². The van der Waals surface area contributed by atoms with E-state index in [1.54, 1.807) is 28.0 Å². The third-order valence-electron chi connectivity index (χ3n) is 7.68. The molecule has 10 heteroatoms. The van der Waals surface area contributed by atoms with Crippen molar-refractivity contribution in [2.24, 2.45) is 10.8 Å². The molecule has 0 aliphatic carbocycles. The molecule has 0 radical (unpaired) electrons. The summed E-state index contributed by atoms with van der Waals surface area (Å²) in [4.78, 5) is 54.7. The number of benzene rings is 2. The van der Waals surface area contributed by atoms with E-state index >= 15 is 0 Å². The lowest BCUT2D eigenvalue weighted by Crippen LogP contribution is -2.54. The highest BCUT2D eigenvalue weighted by molar-refractivity contribution is 5.95. The van der Waals surface area contributed by atoms with Crippen LogP contribution in [0, 0.1) is 16.6 Å². The van der Waals surface area contributed by atoms with Gasteiger partial charge in [-0.2, -0.15) is 5.10 Å². The molecule has 1 aromatic heterocycles. The van der Waals surface area contributed by atoms with Gasteiger partial charge in [-0.25, -0.2) is 9.49 Å². The van der Waals surface area contributed by atoms with E-state index in [0.29, 0.717) is 54.5 Å². The van der Waals surface area contributed by atoms with Gasteiger partial charge >= 0.3 is 0 Å². The van der Waals surface area contributed by atoms with E-state index < -0.39 is 22.6 Å². The van der Waals surface area contributed by atoms with E-state index in [1.165, 1.54) is 12.1 Å². The SMILES string of the molecule is CCNC(=O)C(C)(C)CC(C)(C)C(=O)N1CCN(C(=O)c2cc(Cc3n[nH]c(=O)c4ccccc34)ccc2F)CC1. The normalized spacial score (nSPS) is 14.3. The number of amides is 3. The lowest BCUT2D eigenvalue weighted by atomic mass is 9.73. The fourth-order valence-electron chi connectivity index (χ4n) is 5.72. The average Bonchev–Trinajstić information content (AvgIpc) is 2.94. The number of carbonyl (C=O) groups is 3. The van der Waals surface area contributed by atoms with Crippen molar-refractivity contribution in [1.82, 2.24) is 25.3 Å². The highest BCUT2D eigenvalue weighted by Gasteiger charge is 2.41. The zero-order chi connectivity index (χ0) is 29.9. The minimum atomic E-state index is -0.777. The Hall–Kier alpha value is -4.08.